The van der Waals surface area contributed by atoms with Crippen LogP contribution in [0.4, 0.5) is 0 Å². The van der Waals surface area contributed by atoms with Crippen LogP contribution in [0.25, 0.3) is 0 Å². The van der Waals surface area contributed by atoms with Crippen LogP contribution in [0.2, 0.25) is 0 Å². The minimum Gasteiger partial charge on any atom is -0.497 e. The third kappa shape index (κ3) is 4.08. The van der Waals surface area contributed by atoms with E-state index in [0.717, 1.165) is 36.8 Å². The second-order valence-electron chi connectivity index (χ2n) is 5.53. The first-order chi connectivity index (χ1) is 9.13. The number of rotatable bonds is 4. The summed E-state index contributed by atoms with van der Waals surface area (Å²) in [5, 5.41) is 0. The predicted molar refractivity (Wildman–Crippen MR) is 84.4 cm³/mol. The maximum atomic E-state index is 5.94. The third-order valence-corrected chi connectivity index (χ3v) is 4.05. The number of aromatic nitrogens is 1. The number of hydrogen-bond acceptors (Lipinski definition) is 4. The number of likely N-dealkylation sites (tertiary alicyclic amines) is 1. The quantitative estimate of drug-likeness (QED) is 0.927. The van der Waals surface area contributed by atoms with Gasteiger partial charge in [-0.3, -0.25) is 9.88 Å². The van der Waals surface area contributed by atoms with Gasteiger partial charge in [-0.15, -0.1) is 12.4 Å². The molecular weight excluding hydrogens is 274 g/mol. The number of nitrogens with two attached hydrogens (primary N) is 1. The van der Waals surface area contributed by atoms with Gasteiger partial charge in [-0.25, -0.2) is 0 Å². The number of nitrogens with zero attached hydrogens (tertiary/aromatic N) is 2. The molecule has 1 fully saturated rings. The topological polar surface area (TPSA) is 51.4 Å². The van der Waals surface area contributed by atoms with Crippen LogP contribution in [0.3, 0.4) is 0 Å². The lowest BCUT2D eigenvalue weighted by Crippen LogP contribution is -2.48. The van der Waals surface area contributed by atoms with Crippen LogP contribution in [-0.4, -0.2) is 36.1 Å². The summed E-state index contributed by atoms with van der Waals surface area (Å²) in [7, 11) is 1.70. The monoisotopic (exact) mass is 299 g/mol. The molecule has 2 atom stereocenters. The molecule has 1 aromatic heterocycles. The van der Waals surface area contributed by atoms with Crippen LogP contribution < -0.4 is 10.5 Å². The normalized spacial score (nSPS) is 23.2. The number of ether oxygens (including phenoxy) is 1. The Kier molecular flexibility index (Phi) is 6.72. The minimum absolute atomic E-state index is 0. The van der Waals surface area contributed by atoms with Gasteiger partial charge >= 0.3 is 0 Å². The molecule has 1 aromatic rings. The van der Waals surface area contributed by atoms with E-state index in [1.165, 1.54) is 12.8 Å². The first-order valence-electron chi connectivity index (χ1n) is 7.09. The van der Waals surface area contributed by atoms with E-state index in [4.69, 9.17) is 10.5 Å². The molecule has 5 heteroatoms. The molecule has 0 spiro atoms. The molecule has 0 radical (unpaired) electrons. The van der Waals surface area contributed by atoms with E-state index in [1.54, 1.807) is 7.11 Å². The van der Waals surface area contributed by atoms with E-state index in [2.05, 4.69) is 16.8 Å². The fourth-order valence-electron chi connectivity index (χ4n) is 3.02. The molecule has 2 unspecified atom stereocenters. The SMILES string of the molecule is COc1cc(C)nc(CN2CCCC(C)C2CN)c1.Cl. The largest absolute Gasteiger partial charge is 0.497 e. The second kappa shape index (κ2) is 7.81. The van der Waals surface area contributed by atoms with Crippen molar-refractivity contribution < 1.29 is 4.74 Å². The van der Waals surface area contributed by atoms with Crippen molar-refractivity contribution in [1.29, 1.82) is 0 Å². The molecule has 0 aliphatic carbocycles. The summed E-state index contributed by atoms with van der Waals surface area (Å²) < 4.78 is 5.32. The zero-order valence-corrected chi connectivity index (χ0v) is 13.4. The van der Waals surface area contributed by atoms with Crippen LogP contribution in [0.1, 0.15) is 31.2 Å². The molecular formula is C15H26ClN3O. The van der Waals surface area contributed by atoms with E-state index >= 15 is 0 Å². The van der Waals surface area contributed by atoms with Crippen molar-refractivity contribution in [3.63, 3.8) is 0 Å². The summed E-state index contributed by atoms with van der Waals surface area (Å²) in [6.07, 6.45) is 2.53. The predicted octanol–water partition coefficient (Wildman–Crippen LogP) is 2.38. The van der Waals surface area contributed by atoms with Gasteiger partial charge in [0.1, 0.15) is 5.75 Å². The third-order valence-electron chi connectivity index (χ3n) is 4.05. The van der Waals surface area contributed by atoms with E-state index in [9.17, 15) is 0 Å². The standard InChI is InChI=1S/C15H25N3O.ClH/c1-11-5-4-6-18(15(11)9-16)10-13-8-14(19-3)7-12(2)17-13;/h7-8,11,15H,4-6,9-10,16H2,1-3H3;1H. The Hall–Kier alpha value is -0.840. The lowest BCUT2D eigenvalue weighted by molar-refractivity contribution is 0.0976. The zero-order chi connectivity index (χ0) is 13.8. The molecule has 2 rings (SSSR count). The van der Waals surface area contributed by atoms with E-state index in [1.807, 2.05) is 19.1 Å². The van der Waals surface area contributed by atoms with Gasteiger partial charge in [0.2, 0.25) is 0 Å². The molecule has 1 aliphatic heterocycles. The molecule has 4 nitrogen and oxygen atoms in total. The van der Waals surface area contributed by atoms with Crippen LogP contribution in [0, 0.1) is 12.8 Å². The Morgan fingerprint density at radius 1 is 1.45 bits per heavy atom. The molecule has 20 heavy (non-hydrogen) atoms. The summed E-state index contributed by atoms with van der Waals surface area (Å²) in [4.78, 5) is 7.07. The van der Waals surface area contributed by atoms with Crippen molar-refractivity contribution in [3.8, 4) is 5.75 Å². The lowest BCUT2D eigenvalue weighted by atomic mass is 9.90. The van der Waals surface area contributed by atoms with Crippen molar-refractivity contribution in [2.45, 2.75) is 39.3 Å². The lowest BCUT2D eigenvalue weighted by Gasteiger charge is -2.39. The van der Waals surface area contributed by atoms with Crippen LogP contribution >= 0.6 is 12.4 Å². The molecule has 114 valence electrons. The highest BCUT2D eigenvalue weighted by Crippen LogP contribution is 2.24. The number of halogens is 1. The zero-order valence-electron chi connectivity index (χ0n) is 12.6. The van der Waals surface area contributed by atoms with Gasteiger partial charge < -0.3 is 10.5 Å². The first-order valence-corrected chi connectivity index (χ1v) is 7.09. The fraction of sp³-hybridized carbons (Fsp3) is 0.667. The number of piperidine rings is 1. The summed E-state index contributed by atoms with van der Waals surface area (Å²) in [5.41, 5.74) is 8.01. The van der Waals surface area contributed by atoms with Crippen molar-refractivity contribution in [3.05, 3.63) is 23.5 Å². The average Bonchev–Trinajstić information content (AvgIpc) is 2.38. The second-order valence-corrected chi connectivity index (χ2v) is 5.53. The maximum Gasteiger partial charge on any atom is 0.122 e. The molecule has 0 amide bonds. The molecule has 1 saturated heterocycles. The van der Waals surface area contributed by atoms with Gasteiger partial charge in [0.25, 0.3) is 0 Å². The molecule has 2 N–H and O–H groups in total. The van der Waals surface area contributed by atoms with Gasteiger partial charge in [0.15, 0.2) is 0 Å². The number of aryl methyl sites for hydroxylation is 1. The van der Waals surface area contributed by atoms with Crippen LogP contribution in [0.5, 0.6) is 5.75 Å². The van der Waals surface area contributed by atoms with E-state index in [0.29, 0.717) is 12.0 Å². The van der Waals surface area contributed by atoms with Gasteiger partial charge in [-0.1, -0.05) is 6.92 Å². The average molecular weight is 300 g/mol. The van der Waals surface area contributed by atoms with Gasteiger partial charge in [-0.2, -0.15) is 0 Å². The van der Waals surface area contributed by atoms with Gasteiger partial charge in [0.05, 0.1) is 12.8 Å². The summed E-state index contributed by atoms with van der Waals surface area (Å²) in [6.45, 7) is 7.01. The van der Waals surface area contributed by atoms with Crippen molar-refractivity contribution >= 4 is 12.4 Å². The Morgan fingerprint density at radius 2 is 2.20 bits per heavy atom. The van der Waals surface area contributed by atoms with Gasteiger partial charge in [-0.05, 0) is 32.2 Å². The number of methoxy groups -OCH3 is 1. The van der Waals surface area contributed by atoms with E-state index < -0.39 is 0 Å². The molecule has 1 aliphatic rings. The molecule has 0 saturated carbocycles. The Balaban J connectivity index is 0.00000200. The highest BCUT2D eigenvalue weighted by Gasteiger charge is 2.27. The minimum atomic E-state index is 0. The van der Waals surface area contributed by atoms with Crippen molar-refractivity contribution in [2.75, 3.05) is 20.2 Å². The fourth-order valence-corrected chi connectivity index (χ4v) is 3.02. The number of hydrogen-bond donors (Lipinski definition) is 1. The Labute approximate surface area is 128 Å². The highest BCUT2D eigenvalue weighted by molar-refractivity contribution is 5.85. The van der Waals surface area contributed by atoms with Crippen molar-refractivity contribution in [1.82, 2.24) is 9.88 Å². The number of pyridine rings is 1. The Bertz CT molecular complexity index is 428. The smallest absolute Gasteiger partial charge is 0.122 e. The maximum absolute atomic E-state index is 5.94. The van der Waals surface area contributed by atoms with E-state index in [-0.39, 0.29) is 12.4 Å². The van der Waals surface area contributed by atoms with Crippen molar-refractivity contribution in [2.24, 2.45) is 11.7 Å². The summed E-state index contributed by atoms with van der Waals surface area (Å²) in [6, 6.07) is 4.46. The molecule has 2 heterocycles. The molecule has 0 bridgehead atoms. The highest BCUT2D eigenvalue weighted by atomic mass is 35.5. The van der Waals surface area contributed by atoms with Gasteiger partial charge in [0, 0.05) is 37.0 Å². The summed E-state index contributed by atoms with van der Waals surface area (Å²) >= 11 is 0. The summed E-state index contributed by atoms with van der Waals surface area (Å²) in [5.74, 6) is 1.56. The first kappa shape index (κ1) is 17.2. The van der Waals surface area contributed by atoms with Crippen LogP contribution in [0.15, 0.2) is 12.1 Å². The Morgan fingerprint density at radius 3 is 2.85 bits per heavy atom. The molecule has 0 aromatic carbocycles. The van der Waals surface area contributed by atoms with Crippen LogP contribution in [-0.2, 0) is 6.54 Å².